The van der Waals surface area contributed by atoms with E-state index in [1.165, 1.54) is 257 Å². The van der Waals surface area contributed by atoms with E-state index in [2.05, 4.69) is 43.8 Å². The molecule has 0 aliphatic heterocycles. The number of unbranched alkanes of at least 4 members (excludes halogenated alkanes) is 34. The van der Waals surface area contributed by atoms with Crippen molar-refractivity contribution in [2.75, 3.05) is 0 Å². The van der Waals surface area contributed by atoms with Gasteiger partial charge in [0.1, 0.15) is 6.54 Å². The van der Waals surface area contributed by atoms with Crippen LogP contribution in [0.3, 0.4) is 0 Å². The summed E-state index contributed by atoms with van der Waals surface area (Å²) in [7, 11) is 0. The standard InChI is InChI=1S/C48H92N/c1-4-7-10-13-16-18-20-22-24-26-28-30-32-35-38-41-47-44-48(46-49(45-47)43-40-37-34-15-12-9-6-3)42-39-36-33-31-29-27-25-23-21-19-17-14-11-8-5-2/h44-46H,4-43H2,1-3H3/q+1. The van der Waals surface area contributed by atoms with Gasteiger partial charge in [-0.05, 0) is 38.2 Å². The minimum atomic E-state index is 1.21. The van der Waals surface area contributed by atoms with Gasteiger partial charge in [0.15, 0.2) is 12.4 Å². The molecule has 288 valence electrons. The molecule has 49 heavy (non-hydrogen) atoms. The van der Waals surface area contributed by atoms with Gasteiger partial charge >= 0.3 is 0 Å². The van der Waals surface area contributed by atoms with E-state index >= 15 is 0 Å². The monoisotopic (exact) mass is 683 g/mol. The van der Waals surface area contributed by atoms with E-state index in [1.54, 1.807) is 11.1 Å². The van der Waals surface area contributed by atoms with Gasteiger partial charge in [-0.15, -0.1) is 0 Å². The first-order valence-corrected chi connectivity index (χ1v) is 23.3. The topological polar surface area (TPSA) is 3.88 Å². The highest BCUT2D eigenvalue weighted by Gasteiger charge is 2.09. The molecule has 1 heteroatoms. The summed E-state index contributed by atoms with van der Waals surface area (Å²) in [5.74, 6) is 0. The van der Waals surface area contributed by atoms with Gasteiger partial charge in [-0.3, -0.25) is 0 Å². The van der Waals surface area contributed by atoms with E-state index < -0.39 is 0 Å². The first kappa shape index (κ1) is 46.2. The third kappa shape index (κ3) is 32.8. The lowest BCUT2D eigenvalue weighted by atomic mass is 10.0. The second-order valence-electron chi connectivity index (χ2n) is 16.3. The highest BCUT2D eigenvalue weighted by atomic mass is 14.9. The molecule has 0 radical (unpaired) electrons. The summed E-state index contributed by atoms with van der Waals surface area (Å²) in [6.07, 6.45) is 60.8. The van der Waals surface area contributed by atoms with Crippen molar-refractivity contribution in [1.82, 2.24) is 0 Å². The summed E-state index contributed by atoms with van der Waals surface area (Å²) >= 11 is 0. The van der Waals surface area contributed by atoms with Crippen LogP contribution in [0.5, 0.6) is 0 Å². The summed E-state index contributed by atoms with van der Waals surface area (Å²) in [4.78, 5) is 0. The maximum atomic E-state index is 2.58. The number of hydrogen-bond acceptors (Lipinski definition) is 0. The average Bonchev–Trinajstić information content (AvgIpc) is 3.11. The molecule has 0 aliphatic rings. The first-order chi connectivity index (χ1) is 24.3. The summed E-state index contributed by atoms with van der Waals surface area (Å²) < 4.78 is 2.58. The molecule has 0 saturated heterocycles. The Morgan fingerprint density at radius 1 is 0.286 bits per heavy atom. The molecule has 0 spiro atoms. The summed E-state index contributed by atoms with van der Waals surface area (Å²) in [5.41, 5.74) is 3.21. The third-order valence-corrected chi connectivity index (χ3v) is 11.2. The van der Waals surface area contributed by atoms with Gasteiger partial charge in [0.05, 0.1) is 0 Å². The maximum absolute atomic E-state index is 2.58. The summed E-state index contributed by atoms with van der Waals surface area (Å²) in [6, 6.07) is 2.58. The highest BCUT2D eigenvalue weighted by molar-refractivity contribution is 5.15. The van der Waals surface area contributed by atoms with E-state index in [1.807, 2.05) is 0 Å². The predicted molar refractivity (Wildman–Crippen MR) is 222 cm³/mol. The van der Waals surface area contributed by atoms with E-state index in [9.17, 15) is 0 Å². The molecule has 1 aromatic rings. The fourth-order valence-electron chi connectivity index (χ4n) is 7.83. The third-order valence-electron chi connectivity index (χ3n) is 11.2. The Morgan fingerprint density at radius 3 is 0.776 bits per heavy atom. The number of hydrogen-bond donors (Lipinski definition) is 0. The van der Waals surface area contributed by atoms with Crippen LogP contribution in [0.2, 0.25) is 0 Å². The van der Waals surface area contributed by atoms with Crippen molar-refractivity contribution in [1.29, 1.82) is 0 Å². The number of nitrogens with zero attached hydrogens (tertiary/aromatic N) is 1. The molecule has 1 aromatic heterocycles. The van der Waals surface area contributed by atoms with Crippen molar-refractivity contribution in [3.63, 3.8) is 0 Å². The smallest absolute Gasteiger partial charge is 0.171 e. The van der Waals surface area contributed by atoms with E-state index in [0.717, 1.165) is 0 Å². The summed E-state index contributed by atoms with van der Waals surface area (Å²) in [6.45, 7) is 8.16. The van der Waals surface area contributed by atoms with E-state index in [-0.39, 0.29) is 0 Å². The Hall–Kier alpha value is -0.850. The molecular weight excluding hydrogens is 591 g/mol. The molecule has 1 heterocycles. The Bertz CT molecular complexity index is 716. The normalized spacial score (nSPS) is 11.6. The molecule has 0 aliphatic carbocycles. The van der Waals surface area contributed by atoms with Gasteiger partial charge in [0.2, 0.25) is 0 Å². The lowest BCUT2D eigenvalue weighted by Crippen LogP contribution is -2.34. The molecule has 0 bridgehead atoms. The second kappa shape index (κ2) is 38.4. The lowest BCUT2D eigenvalue weighted by molar-refractivity contribution is -0.698. The molecule has 0 unspecified atom stereocenters. The Morgan fingerprint density at radius 2 is 0.510 bits per heavy atom. The minimum Gasteiger partial charge on any atom is -0.205 e. The van der Waals surface area contributed by atoms with Gasteiger partial charge in [-0.2, -0.15) is 0 Å². The lowest BCUT2D eigenvalue weighted by Gasteiger charge is -2.07. The minimum absolute atomic E-state index is 1.21. The van der Waals surface area contributed by atoms with Crippen molar-refractivity contribution in [3.05, 3.63) is 29.6 Å². The van der Waals surface area contributed by atoms with Crippen molar-refractivity contribution < 1.29 is 4.57 Å². The first-order valence-electron chi connectivity index (χ1n) is 23.3. The second-order valence-corrected chi connectivity index (χ2v) is 16.3. The van der Waals surface area contributed by atoms with Crippen LogP contribution in [0, 0.1) is 0 Å². The molecule has 0 fully saturated rings. The zero-order chi connectivity index (χ0) is 35.1. The average molecular weight is 683 g/mol. The van der Waals surface area contributed by atoms with Crippen molar-refractivity contribution in [3.8, 4) is 0 Å². The van der Waals surface area contributed by atoms with Crippen LogP contribution in [0.4, 0.5) is 0 Å². The van der Waals surface area contributed by atoms with Crippen molar-refractivity contribution in [2.45, 2.75) is 278 Å². The van der Waals surface area contributed by atoms with Crippen LogP contribution in [0.1, 0.15) is 269 Å². The van der Waals surface area contributed by atoms with Gasteiger partial charge in [-0.25, -0.2) is 4.57 Å². The van der Waals surface area contributed by atoms with Crippen LogP contribution in [-0.2, 0) is 19.4 Å². The Balaban J connectivity index is 2.23. The number of aromatic nitrogens is 1. The Labute approximate surface area is 311 Å². The molecule has 0 amide bonds. The van der Waals surface area contributed by atoms with E-state index in [0.29, 0.717) is 0 Å². The number of pyridine rings is 1. The molecule has 0 saturated carbocycles. The number of aryl methyl sites for hydroxylation is 3. The zero-order valence-corrected chi connectivity index (χ0v) is 34.5. The molecular formula is C48H92N+. The fraction of sp³-hybridized carbons (Fsp3) is 0.896. The van der Waals surface area contributed by atoms with Gasteiger partial charge in [0, 0.05) is 17.5 Å². The SMILES string of the molecule is CCCCCCCCCCCCCCCCCc1cc(CCCCCCCCCCCCCCCCC)c[n+](CCCCCCCCC)c1. The van der Waals surface area contributed by atoms with Crippen molar-refractivity contribution in [2.24, 2.45) is 0 Å². The largest absolute Gasteiger partial charge is 0.205 e. The van der Waals surface area contributed by atoms with Crippen LogP contribution < -0.4 is 4.57 Å². The molecule has 0 aromatic carbocycles. The fourth-order valence-corrected chi connectivity index (χ4v) is 7.83. The van der Waals surface area contributed by atoms with Gasteiger partial charge in [0.25, 0.3) is 0 Å². The summed E-state index contributed by atoms with van der Waals surface area (Å²) in [5, 5.41) is 0. The quantitative estimate of drug-likeness (QED) is 0.0479. The van der Waals surface area contributed by atoms with Gasteiger partial charge in [-0.1, -0.05) is 233 Å². The zero-order valence-electron chi connectivity index (χ0n) is 34.5. The molecule has 1 rings (SSSR count). The van der Waals surface area contributed by atoms with Crippen LogP contribution in [0.15, 0.2) is 18.5 Å². The molecule has 0 N–H and O–H groups in total. The highest BCUT2D eigenvalue weighted by Crippen LogP contribution is 2.17. The molecule has 1 nitrogen and oxygen atoms in total. The van der Waals surface area contributed by atoms with Crippen molar-refractivity contribution >= 4 is 0 Å². The van der Waals surface area contributed by atoms with Gasteiger partial charge < -0.3 is 0 Å². The van der Waals surface area contributed by atoms with Crippen LogP contribution in [0.25, 0.3) is 0 Å². The van der Waals surface area contributed by atoms with E-state index in [4.69, 9.17) is 0 Å². The molecule has 0 atom stereocenters. The predicted octanol–water partition coefficient (Wildman–Crippen LogP) is 16.6. The Kier molecular flexibility index (Phi) is 36.2. The van der Waals surface area contributed by atoms with Crippen LogP contribution >= 0.6 is 0 Å². The van der Waals surface area contributed by atoms with Crippen LogP contribution in [-0.4, -0.2) is 0 Å². The number of rotatable bonds is 40. The maximum Gasteiger partial charge on any atom is 0.171 e.